The molecule has 3 N–H and O–H groups in total. The van der Waals surface area contributed by atoms with Gasteiger partial charge in [0.2, 0.25) is 5.91 Å². The van der Waals surface area contributed by atoms with E-state index in [0.29, 0.717) is 52.2 Å². The Hall–Kier alpha value is -1.77. The van der Waals surface area contributed by atoms with Gasteiger partial charge in [0.15, 0.2) is 5.78 Å². The van der Waals surface area contributed by atoms with Crippen LogP contribution in [-0.2, 0) is 4.79 Å². The van der Waals surface area contributed by atoms with Crippen LogP contribution in [0, 0.1) is 0 Å². The van der Waals surface area contributed by atoms with Crippen LogP contribution in [0.3, 0.4) is 0 Å². The molecule has 0 heterocycles. The van der Waals surface area contributed by atoms with E-state index in [1.54, 1.807) is 42.5 Å². The Bertz CT molecular complexity index is 839. The fourth-order valence-electron chi connectivity index (χ4n) is 2.86. The van der Waals surface area contributed by atoms with E-state index in [2.05, 4.69) is 21.2 Å². The largest absolute Gasteiger partial charge is 0.396 e. The number of halogens is 2. The van der Waals surface area contributed by atoms with Gasteiger partial charge in [0.25, 0.3) is 0 Å². The number of hydrogen-bond donors (Lipinski definition) is 3. The lowest BCUT2D eigenvalue weighted by Gasteiger charge is -2.21. The molecule has 0 aliphatic heterocycles. The molecule has 0 unspecified atom stereocenters. The number of aliphatic hydroxyl groups excluding tert-OH is 2. The Morgan fingerprint density at radius 2 is 1.66 bits per heavy atom. The number of amides is 1. The van der Waals surface area contributed by atoms with Crippen LogP contribution >= 0.6 is 27.5 Å². The second-order valence-electron chi connectivity index (χ2n) is 6.48. The van der Waals surface area contributed by atoms with Crippen molar-refractivity contribution >= 4 is 44.9 Å². The van der Waals surface area contributed by atoms with Crippen LogP contribution in [0.25, 0.3) is 0 Å². The number of nitrogens with one attached hydrogen (secondary N) is 1. The molecule has 0 fully saturated rings. The summed E-state index contributed by atoms with van der Waals surface area (Å²) in [7, 11) is 0. The van der Waals surface area contributed by atoms with Crippen molar-refractivity contribution in [3.05, 3.63) is 63.1 Å². The van der Waals surface area contributed by atoms with E-state index in [1.807, 2.05) is 4.90 Å². The highest BCUT2D eigenvalue weighted by Gasteiger charge is 2.19. The smallest absolute Gasteiger partial charge is 0.238 e. The van der Waals surface area contributed by atoms with Crippen molar-refractivity contribution in [1.82, 2.24) is 4.90 Å². The SMILES string of the molecule is O=C(CN(CCCO)CCCO)Nc1ccc(Br)cc1C(=O)c1ccccc1Cl. The predicted octanol–water partition coefficient (Wildman–Crippen LogP) is 3.34. The molecule has 0 saturated carbocycles. The van der Waals surface area contributed by atoms with Crippen LogP contribution < -0.4 is 5.32 Å². The molecule has 2 aromatic rings. The number of carbonyl (C=O) groups is 2. The minimum Gasteiger partial charge on any atom is -0.396 e. The first-order valence-electron chi connectivity index (χ1n) is 9.29. The van der Waals surface area contributed by atoms with Gasteiger partial charge in [-0.25, -0.2) is 0 Å². The summed E-state index contributed by atoms with van der Waals surface area (Å²) in [4.78, 5) is 27.4. The zero-order chi connectivity index (χ0) is 21.2. The van der Waals surface area contributed by atoms with E-state index in [-0.39, 0.29) is 31.4 Å². The van der Waals surface area contributed by atoms with Crippen LogP contribution in [0.15, 0.2) is 46.9 Å². The van der Waals surface area contributed by atoms with Gasteiger partial charge in [0.05, 0.1) is 17.3 Å². The quantitative estimate of drug-likeness (QED) is 0.427. The normalized spacial score (nSPS) is 10.9. The van der Waals surface area contributed by atoms with Gasteiger partial charge in [-0.15, -0.1) is 0 Å². The fraction of sp³-hybridized carbons (Fsp3) is 0.333. The van der Waals surface area contributed by atoms with E-state index >= 15 is 0 Å². The zero-order valence-corrected chi connectivity index (χ0v) is 18.2. The van der Waals surface area contributed by atoms with E-state index in [9.17, 15) is 9.59 Å². The van der Waals surface area contributed by atoms with Gasteiger partial charge < -0.3 is 15.5 Å². The molecule has 0 radical (unpaired) electrons. The third-order valence-corrected chi connectivity index (χ3v) is 5.07. The molecule has 0 spiro atoms. The molecular formula is C21H24BrClN2O4. The van der Waals surface area contributed by atoms with Gasteiger partial charge in [-0.2, -0.15) is 0 Å². The summed E-state index contributed by atoms with van der Waals surface area (Å²) in [6, 6.07) is 11.8. The molecule has 1 amide bonds. The number of ketones is 1. The average molecular weight is 484 g/mol. The van der Waals surface area contributed by atoms with E-state index in [0.717, 1.165) is 0 Å². The van der Waals surface area contributed by atoms with Crippen LogP contribution in [0.1, 0.15) is 28.8 Å². The molecule has 0 aromatic heterocycles. The molecule has 2 aromatic carbocycles. The van der Waals surface area contributed by atoms with Crippen molar-refractivity contribution in [2.45, 2.75) is 12.8 Å². The van der Waals surface area contributed by atoms with Crippen molar-refractivity contribution in [3.8, 4) is 0 Å². The lowest BCUT2D eigenvalue weighted by Crippen LogP contribution is -2.35. The van der Waals surface area contributed by atoms with Crippen molar-refractivity contribution in [2.24, 2.45) is 0 Å². The van der Waals surface area contributed by atoms with Crippen molar-refractivity contribution in [1.29, 1.82) is 0 Å². The third kappa shape index (κ3) is 7.21. The van der Waals surface area contributed by atoms with Gasteiger partial charge in [-0.3, -0.25) is 14.5 Å². The number of aliphatic hydroxyl groups is 2. The molecule has 8 heteroatoms. The van der Waals surface area contributed by atoms with Gasteiger partial charge >= 0.3 is 0 Å². The molecule has 0 aliphatic rings. The van der Waals surface area contributed by atoms with Crippen LogP contribution in [0.4, 0.5) is 5.69 Å². The lowest BCUT2D eigenvalue weighted by atomic mass is 10.0. The second kappa shape index (κ2) is 12.0. The maximum absolute atomic E-state index is 13.0. The summed E-state index contributed by atoms with van der Waals surface area (Å²) in [5.74, 6) is -0.568. The number of nitrogens with zero attached hydrogens (tertiary/aromatic N) is 1. The molecule has 6 nitrogen and oxygen atoms in total. The second-order valence-corrected chi connectivity index (χ2v) is 7.80. The topological polar surface area (TPSA) is 89.9 Å². The minimum atomic E-state index is -0.287. The predicted molar refractivity (Wildman–Crippen MR) is 118 cm³/mol. The van der Waals surface area contributed by atoms with Crippen LogP contribution in [0.2, 0.25) is 5.02 Å². The first-order chi connectivity index (χ1) is 14.0. The zero-order valence-electron chi connectivity index (χ0n) is 15.9. The lowest BCUT2D eigenvalue weighted by molar-refractivity contribution is -0.117. The summed E-state index contributed by atoms with van der Waals surface area (Å²) >= 11 is 9.53. The molecule has 2 rings (SSSR count). The van der Waals surface area contributed by atoms with E-state index in [1.165, 1.54) is 0 Å². The Balaban J connectivity index is 2.19. The molecule has 0 atom stereocenters. The van der Waals surface area contributed by atoms with Crippen molar-refractivity contribution in [3.63, 3.8) is 0 Å². The molecule has 0 aliphatic carbocycles. The first kappa shape index (κ1) is 23.5. The van der Waals surface area contributed by atoms with Gasteiger partial charge in [0, 0.05) is 41.9 Å². The highest BCUT2D eigenvalue weighted by atomic mass is 79.9. The summed E-state index contributed by atoms with van der Waals surface area (Å²) in [5.41, 5.74) is 1.08. The van der Waals surface area contributed by atoms with E-state index in [4.69, 9.17) is 21.8 Å². The Kier molecular flexibility index (Phi) is 9.76. The highest BCUT2D eigenvalue weighted by molar-refractivity contribution is 9.10. The standard InChI is InChI=1S/C21H24BrClN2O4/c22-15-7-8-19(17(13-15)21(29)16-5-1-2-6-18(16)23)24-20(28)14-25(9-3-11-26)10-4-12-27/h1-2,5-8,13,26-27H,3-4,9-12,14H2,(H,24,28). The summed E-state index contributed by atoms with van der Waals surface area (Å²) in [5, 5.41) is 21.2. The Morgan fingerprint density at radius 3 is 2.28 bits per heavy atom. The maximum atomic E-state index is 13.0. The molecule has 156 valence electrons. The fourth-order valence-corrected chi connectivity index (χ4v) is 3.44. The van der Waals surface area contributed by atoms with Crippen molar-refractivity contribution < 1.29 is 19.8 Å². The molecule has 29 heavy (non-hydrogen) atoms. The Morgan fingerprint density at radius 1 is 1.00 bits per heavy atom. The molecular weight excluding hydrogens is 460 g/mol. The molecule has 0 bridgehead atoms. The minimum absolute atomic E-state index is 0.0282. The number of anilines is 1. The van der Waals surface area contributed by atoms with Crippen molar-refractivity contribution in [2.75, 3.05) is 38.2 Å². The van der Waals surface area contributed by atoms with Gasteiger partial charge in [-0.1, -0.05) is 39.7 Å². The monoisotopic (exact) mass is 482 g/mol. The summed E-state index contributed by atoms with van der Waals surface area (Å²) in [6.45, 7) is 1.22. The maximum Gasteiger partial charge on any atom is 0.238 e. The third-order valence-electron chi connectivity index (χ3n) is 4.25. The van der Waals surface area contributed by atoms with Crippen LogP contribution in [0.5, 0.6) is 0 Å². The highest BCUT2D eigenvalue weighted by Crippen LogP contribution is 2.26. The number of rotatable bonds is 11. The molecule has 0 saturated heterocycles. The van der Waals surface area contributed by atoms with Gasteiger partial charge in [-0.05, 0) is 43.2 Å². The van der Waals surface area contributed by atoms with E-state index < -0.39 is 0 Å². The average Bonchev–Trinajstić information content (AvgIpc) is 2.71. The summed E-state index contributed by atoms with van der Waals surface area (Å²) < 4.78 is 0.707. The number of benzene rings is 2. The number of carbonyl (C=O) groups excluding carboxylic acids is 2. The first-order valence-corrected chi connectivity index (χ1v) is 10.5. The van der Waals surface area contributed by atoms with Crippen LogP contribution in [-0.4, -0.2) is 59.7 Å². The van der Waals surface area contributed by atoms with Gasteiger partial charge in [0.1, 0.15) is 0 Å². The Labute approximate surface area is 183 Å². The number of hydrogen-bond acceptors (Lipinski definition) is 5. The summed E-state index contributed by atoms with van der Waals surface area (Å²) in [6.07, 6.45) is 1.07.